The normalized spacial score (nSPS) is 17.0. The molecule has 0 aromatic heterocycles. The Morgan fingerprint density at radius 1 is 0.906 bits per heavy atom. The van der Waals surface area contributed by atoms with Crippen LogP contribution in [-0.4, -0.2) is 54.3 Å². The Labute approximate surface area is 185 Å². The summed E-state index contributed by atoms with van der Waals surface area (Å²) in [5.74, 6) is -0.516. The highest BCUT2D eigenvalue weighted by molar-refractivity contribution is 5.95. The maximum Gasteiger partial charge on any atom is 0.418 e. The first-order chi connectivity index (χ1) is 15.3. The molecule has 0 spiro atoms. The average molecular weight is 445 g/mol. The lowest BCUT2D eigenvalue weighted by Gasteiger charge is -2.34. The molecule has 1 aliphatic carbocycles. The van der Waals surface area contributed by atoms with E-state index in [9.17, 15) is 22.8 Å². The topological polar surface area (TPSA) is 52.7 Å². The van der Waals surface area contributed by atoms with Crippen molar-refractivity contribution in [3.05, 3.63) is 64.7 Å². The SMILES string of the molecule is O=C(CN1CCN(C(=O)c2ccc3c(c2)CCCC3)CC1)Nc1ccccc1C(F)(F)F. The number of piperazine rings is 1. The zero-order chi connectivity index (χ0) is 22.7. The van der Waals surface area contributed by atoms with E-state index in [4.69, 9.17) is 0 Å². The van der Waals surface area contributed by atoms with Crippen molar-refractivity contribution in [3.63, 3.8) is 0 Å². The Balaban J connectivity index is 1.31. The molecule has 0 unspecified atom stereocenters. The van der Waals surface area contributed by atoms with Gasteiger partial charge in [-0.15, -0.1) is 0 Å². The van der Waals surface area contributed by atoms with E-state index < -0.39 is 17.6 Å². The standard InChI is InChI=1S/C24H26F3N3O2/c25-24(26,27)20-7-3-4-8-21(20)28-22(31)16-29-11-13-30(14-12-29)23(32)19-10-9-17-5-1-2-6-18(17)15-19/h3-4,7-10,15H,1-2,5-6,11-14,16H2,(H,28,31). The number of carbonyl (C=O) groups is 2. The van der Waals surface area contributed by atoms with Crippen molar-refractivity contribution in [2.75, 3.05) is 38.0 Å². The van der Waals surface area contributed by atoms with Gasteiger partial charge in [0.1, 0.15) is 0 Å². The van der Waals surface area contributed by atoms with E-state index in [2.05, 4.69) is 11.4 Å². The second-order valence-electron chi connectivity index (χ2n) is 8.35. The molecule has 0 saturated carbocycles. The summed E-state index contributed by atoms with van der Waals surface area (Å²) in [6.45, 7) is 1.91. The van der Waals surface area contributed by atoms with Crippen LogP contribution in [0.25, 0.3) is 0 Å². The number of rotatable bonds is 4. The largest absolute Gasteiger partial charge is 0.418 e. The molecule has 1 saturated heterocycles. The number of para-hydroxylation sites is 1. The summed E-state index contributed by atoms with van der Waals surface area (Å²) in [5.41, 5.74) is 2.17. The monoisotopic (exact) mass is 445 g/mol. The van der Waals surface area contributed by atoms with E-state index in [1.54, 1.807) is 4.90 Å². The molecule has 1 fully saturated rings. The van der Waals surface area contributed by atoms with Crippen LogP contribution in [0.15, 0.2) is 42.5 Å². The number of hydrogen-bond acceptors (Lipinski definition) is 3. The Morgan fingerprint density at radius 3 is 2.31 bits per heavy atom. The van der Waals surface area contributed by atoms with Crippen LogP contribution < -0.4 is 5.32 Å². The van der Waals surface area contributed by atoms with Crippen LogP contribution in [0.2, 0.25) is 0 Å². The first-order valence-corrected chi connectivity index (χ1v) is 10.9. The number of alkyl halides is 3. The van der Waals surface area contributed by atoms with Crippen LogP contribution in [0.3, 0.4) is 0 Å². The fourth-order valence-corrected chi connectivity index (χ4v) is 4.39. The van der Waals surface area contributed by atoms with E-state index in [1.807, 2.05) is 17.0 Å². The Morgan fingerprint density at radius 2 is 1.59 bits per heavy atom. The summed E-state index contributed by atoms with van der Waals surface area (Å²) in [7, 11) is 0. The third kappa shape index (κ3) is 5.12. The molecule has 2 aromatic rings. The van der Waals surface area contributed by atoms with E-state index in [0.717, 1.165) is 25.3 Å². The predicted molar refractivity (Wildman–Crippen MR) is 116 cm³/mol. The van der Waals surface area contributed by atoms with Gasteiger partial charge in [-0.05, 0) is 61.1 Å². The van der Waals surface area contributed by atoms with Crippen LogP contribution in [0.1, 0.15) is 39.9 Å². The summed E-state index contributed by atoms with van der Waals surface area (Å²) in [6, 6.07) is 10.9. The number of amides is 2. The van der Waals surface area contributed by atoms with Crippen molar-refractivity contribution in [1.82, 2.24) is 9.80 Å². The van der Waals surface area contributed by atoms with Gasteiger partial charge in [-0.2, -0.15) is 13.2 Å². The molecule has 8 heteroatoms. The zero-order valence-corrected chi connectivity index (χ0v) is 17.8. The molecule has 2 aliphatic rings. The lowest BCUT2D eigenvalue weighted by atomic mass is 9.90. The number of nitrogens with zero attached hydrogens (tertiary/aromatic N) is 2. The van der Waals surface area contributed by atoms with Crippen molar-refractivity contribution in [1.29, 1.82) is 0 Å². The van der Waals surface area contributed by atoms with E-state index in [1.165, 1.54) is 35.7 Å². The first-order valence-electron chi connectivity index (χ1n) is 10.9. The van der Waals surface area contributed by atoms with Gasteiger partial charge in [0.2, 0.25) is 5.91 Å². The Hall–Kier alpha value is -2.87. The molecule has 0 radical (unpaired) electrons. The predicted octanol–water partition coefficient (Wildman–Crippen LogP) is 3.98. The Bertz CT molecular complexity index is 998. The minimum Gasteiger partial charge on any atom is -0.336 e. The number of fused-ring (bicyclic) bond motifs is 1. The molecule has 1 N–H and O–H groups in total. The lowest BCUT2D eigenvalue weighted by Crippen LogP contribution is -2.50. The molecule has 2 aromatic carbocycles. The molecule has 5 nitrogen and oxygen atoms in total. The van der Waals surface area contributed by atoms with E-state index in [0.29, 0.717) is 31.7 Å². The molecule has 32 heavy (non-hydrogen) atoms. The van der Waals surface area contributed by atoms with Gasteiger partial charge in [0.05, 0.1) is 17.8 Å². The molecular formula is C24H26F3N3O2. The van der Waals surface area contributed by atoms with Gasteiger partial charge in [0.15, 0.2) is 0 Å². The minimum absolute atomic E-state index is 0.0124. The number of hydrogen-bond donors (Lipinski definition) is 1. The van der Waals surface area contributed by atoms with Crippen molar-refractivity contribution >= 4 is 17.5 Å². The highest BCUT2D eigenvalue weighted by Gasteiger charge is 2.33. The molecule has 1 aliphatic heterocycles. The third-order valence-corrected chi connectivity index (χ3v) is 6.13. The number of nitrogens with one attached hydrogen (secondary N) is 1. The zero-order valence-electron chi connectivity index (χ0n) is 17.8. The van der Waals surface area contributed by atoms with Gasteiger partial charge < -0.3 is 10.2 Å². The van der Waals surface area contributed by atoms with Crippen LogP contribution in [-0.2, 0) is 23.8 Å². The molecule has 1 heterocycles. The second-order valence-corrected chi connectivity index (χ2v) is 8.35. The summed E-state index contributed by atoms with van der Waals surface area (Å²) in [5, 5.41) is 2.37. The summed E-state index contributed by atoms with van der Waals surface area (Å²) >= 11 is 0. The number of carbonyl (C=O) groups excluding carboxylic acids is 2. The quantitative estimate of drug-likeness (QED) is 0.775. The summed E-state index contributed by atoms with van der Waals surface area (Å²) in [4.78, 5) is 28.9. The van der Waals surface area contributed by atoms with Crippen LogP contribution >= 0.6 is 0 Å². The van der Waals surface area contributed by atoms with Crippen molar-refractivity contribution in [2.24, 2.45) is 0 Å². The molecule has 0 bridgehead atoms. The van der Waals surface area contributed by atoms with E-state index in [-0.39, 0.29) is 18.1 Å². The van der Waals surface area contributed by atoms with Crippen LogP contribution in [0, 0.1) is 0 Å². The second kappa shape index (κ2) is 9.32. The fourth-order valence-electron chi connectivity index (χ4n) is 4.39. The maximum absolute atomic E-state index is 13.1. The molecular weight excluding hydrogens is 419 g/mol. The number of halogens is 3. The van der Waals surface area contributed by atoms with Crippen molar-refractivity contribution in [2.45, 2.75) is 31.9 Å². The number of anilines is 1. The minimum atomic E-state index is -4.54. The van der Waals surface area contributed by atoms with Crippen LogP contribution in [0.4, 0.5) is 18.9 Å². The fraction of sp³-hybridized carbons (Fsp3) is 0.417. The summed E-state index contributed by atoms with van der Waals surface area (Å²) in [6.07, 6.45) is -0.113. The van der Waals surface area contributed by atoms with Gasteiger partial charge >= 0.3 is 6.18 Å². The van der Waals surface area contributed by atoms with Gasteiger partial charge in [-0.25, -0.2) is 0 Å². The Kier molecular flexibility index (Phi) is 6.50. The molecule has 2 amide bonds. The number of aryl methyl sites for hydroxylation is 2. The van der Waals surface area contributed by atoms with Gasteiger partial charge in [-0.3, -0.25) is 14.5 Å². The van der Waals surface area contributed by atoms with Crippen molar-refractivity contribution in [3.8, 4) is 0 Å². The van der Waals surface area contributed by atoms with Gasteiger partial charge in [0, 0.05) is 31.7 Å². The first kappa shape index (κ1) is 22.3. The van der Waals surface area contributed by atoms with E-state index >= 15 is 0 Å². The molecule has 0 atom stereocenters. The van der Waals surface area contributed by atoms with Crippen LogP contribution in [0.5, 0.6) is 0 Å². The third-order valence-electron chi connectivity index (χ3n) is 6.13. The smallest absolute Gasteiger partial charge is 0.336 e. The van der Waals surface area contributed by atoms with Gasteiger partial charge in [-0.1, -0.05) is 18.2 Å². The molecule has 4 rings (SSSR count). The number of benzene rings is 2. The van der Waals surface area contributed by atoms with Crippen molar-refractivity contribution < 1.29 is 22.8 Å². The molecule has 170 valence electrons. The summed E-state index contributed by atoms with van der Waals surface area (Å²) < 4.78 is 39.3. The average Bonchev–Trinajstić information content (AvgIpc) is 2.78. The highest BCUT2D eigenvalue weighted by atomic mass is 19.4. The van der Waals surface area contributed by atoms with Gasteiger partial charge in [0.25, 0.3) is 5.91 Å². The lowest BCUT2D eigenvalue weighted by molar-refractivity contribution is -0.137. The maximum atomic E-state index is 13.1. The highest BCUT2D eigenvalue weighted by Crippen LogP contribution is 2.34.